The van der Waals surface area contributed by atoms with Crippen LogP contribution < -0.4 is 10.6 Å². The molecule has 0 radical (unpaired) electrons. The van der Waals surface area contributed by atoms with Crippen LogP contribution in [0.5, 0.6) is 0 Å². The van der Waals surface area contributed by atoms with Crippen LogP contribution in [0.15, 0.2) is 23.2 Å². The number of carbonyl (C=O) groups excluding carboxylic acids is 1. The molecule has 2 aromatic rings. The van der Waals surface area contributed by atoms with Crippen LogP contribution in [-0.4, -0.2) is 33.3 Å². The normalized spacial score (nSPS) is 25.5. The van der Waals surface area contributed by atoms with Crippen LogP contribution >= 0.6 is 0 Å². The Labute approximate surface area is 168 Å². The molecule has 150 valence electrons. The highest BCUT2D eigenvalue weighted by Crippen LogP contribution is 2.44. The number of aromatic amines is 1. The lowest BCUT2D eigenvalue weighted by molar-refractivity contribution is 0.0958. The molecule has 0 bridgehead atoms. The third kappa shape index (κ3) is 2.67. The summed E-state index contributed by atoms with van der Waals surface area (Å²) in [5, 5.41) is 6.35. The number of aromatic nitrogens is 1. The fourth-order valence-electron chi connectivity index (χ4n) is 4.41. The zero-order valence-electron chi connectivity index (χ0n) is 16.6. The average molecular weight is 393 g/mol. The topological polar surface area (TPSA) is 72.5 Å². The van der Waals surface area contributed by atoms with Gasteiger partial charge in [-0.25, -0.2) is 9.38 Å². The molecule has 0 spiro atoms. The van der Waals surface area contributed by atoms with Crippen molar-refractivity contribution >= 4 is 17.6 Å². The minimum absolute atomic E-state index is 0.00158. The number of fused-ring (bicyclic) bond motifs is 2. The number of H-pyrrole nitrogens is 1. The molecule has 2 aliphatic heterocycles. The van der Waals surface area contributed by atoms with E-state index in [1.54, 1.807) is 6.07 Å². The number of benzene rings is 1. The first-order chi connectivity index (χ1) is 13.9. The zero-order valence-corrected chi connectivity index (χ0v) is 16.6. The summed E-state index contributed by atoms with van der Waals surface area (Å²) in [7, 11) is 0. The van der Waals surface area contributed by atoms with E-state index in [1.165, 1.54) is 18.9 Å². The van der Waals surface area contributed by atoms with Gasteiger partial charge in [-0.1, -0.05) is 6.07 Å². The lowest BCUT2D eigenvalue weighted by Crippen LogP contribution is -2.42. The molecular formula is C22H24FN5O. The molecule has 3 N–H and O–H groups in total. The molecule has 4 aliphatic rings. The maximum absolute atomic E-state index is 15.1. The molecule has 7 heteroatoms. The summed E-state index contributed by atoms with van der Waals surface area (Å²) in [5.74, 6) is 0.440. The predicted octanol–water partition coefficient (Wildman–Crippen LogP) is 3.92. The fraction of sp³-hybridized carbons (Fsp3) is 0.455. The van der Waals surface area contributed by atoms with E-state index in [4.69, 9.17) is 4.99 Å². The van der Waals surface area contributed by atoms with Gasteiger partial charge in [0.2, 0.25) is 0 Å². The molecule has 1 aromatic carbocycles. The van der Waals surface area contributed by atoms with Crippen LogP contribution in [0.25, 0.3) is 11.3 Å². The third-order valence-electron chi connectivity index (χ3n) is 6.57. The summed E-state index contributed by atoms with van der Waals surface area (Å²) in [6.45, 7) is 4.82. The van der Waals surface area contributed by atoms with Crippen LogP contribution in [0.1, 0.15) is 67.2 Å². The minimum Gasteiger partial charge on any atom is -0.356 e. The van der Waals surface area contributed by atoms with Crippen molar-refractivity contribution in [3.05, 3.63) is 40.8 Å². The monoisotopic (exact) mass is 393 g/mol. The molecule has 1 atom stereocenters. The Hall–Kier alpha value is -2.83. The Morgan fingerprint density at radius 1 is 1.28 bits per heavy atom. The van der Waals surface area contributed by atoms with Gasteiger partial charge in [-0.3, -0.25) is 4.79 Å². The smallest absolute Gasteiger partial charge is 0.253 e. The number of halogens is 1. The quantitative estimate of drug-likeness (QED) is 0.740. The standard InChI is InChI=1S/C22H24FN5O/c1-11-18-14(20(29)24-11)9-16(25-18)17-15(23)6-3-12-10-28(13-4-5-13)21(26-19(12)17)27-22(2)7-8-22/h3,6,9,11,13,25H,4-5,7-8,10H2,1-2H3,(H,24,29)(H,26,27). The van der Waals surface area contributed by atoms with Crippen LogP contribution in [-0.2, 0) is 6.54 Å². The molecule has 6 nitrogen and oxygen atoms in total. The fourth-order valence-corrected chi connectivity index (χ4v) is 4.41. The van der Waals surface area contributed by atoms with Gasteiger partial charge in [0.25, 0.3) is 5.91 Å². The number of rotatable bonds is 3. The molecule has 2 fully saturated rings. The van der Waals surface area contributed by atoms with E-state index in [0.717, 1.165) is 42.3 Å². The van der Waals surface area contributed by atoms with Crippen molar-refractivity contribution < 1.29 is 9.18 Å². The second-order valence-electron chi connectivity index (χ2n) is 9.08. The lowest BCUT2D eigenvalue weighted by Gasteiger charge is -2.34. The van der Waals surface area contributed by atoms with Crippen LogP contribution in [0.2, 0.25) is 0 Å². The SMILES string of the molecule is CC1NC(=O)c2cc(-c3c(F)ccc4c3NC(=NC3(C)CC3)N(C3CC3)C4)[nH]c21. The first kappa shape index (κ1) is 17.1. The van der Waals surface area contributed by atoms with Gasteiger partial charge >= 0.3 is 0 Å². The second-order valence-corrected chi connectivity index (χ2v) is 9.08. The van der Waals surface area contributed by atoms with Gasteiger partial charge in [-0.15, -0.1) is 0 Å². The molecule has 3 heterocycles. The van der Waals surface area contributed by atoms with Crippen molar-refractivity contribution in [2.75, 3.05) is 5.32 Å². The van der Waals surface area contributed by atoms with Crippen molar-refractivity contribution in [1.82, 2.24) is 15.2 Å². The van der Waals surface area contributed by atoms with E-state index in [0.29, 0.717) is 22.9 Å². The highest BCUT2D eigenvalue weighted by atomic mass is 19.1. The summed E-state index contributed by atoms with van der Waals surface area (Å²) in [5.41, 5.74) is 4.35. The summed E-state index contributed by atoms with van der Waals surface area (Å²) < 4.78 is 15.1. The minimum atomic E-state index is -0.305. The van der Waals surface area contributed by atoms with Gasteiger partial charge in [0.05, 0.1) is 39.8 Å². The van der Waals surface area contributed by atoms with Crippen molar-refractivity contribution in [1.29, 1.82) is 0 Å². The molecule has 2 saturated carbocycles. The first-order valence-electron chi connectivity index (χ1n) is 10.4. The number of anilines is 1. The first-order valence-corrected chi connectivity index (χ1v) is 10.4. The highest BCUT2D eigenvalue weighted by Gasteiger charge is 2.42. The van der Waals surface area contributed by atoms with E-state index in [-0.39, 0.29) is 23.3 Å². The number of amides is 1. The van der Waals surface area contributed by atoms with E-state index < -0.39 is 0 Å². The number of aliphatic imine (C=N–C) groups is 1. The van der Waals surface area contributed by atoms with Gasteiger partial charge in [0.15, 0.2) is 5.96 Å². The third-order valence-corrected chi connectivity index (χ3v) is 6.57. The second kappa shape index (κ2) is 5.62. The van der Waals surface area contributed by atoms with Gasteiger partial charge in [-0.05, 0) is 57.2 Å². The van der Waals surface area contributed by atoms with E-state index in [2.05, 4.69) is 27.4 Å². The molecule has 1 unspecified atom stereocenters. The average Bonchev–Trinajstić information content (AvgIpc) is 3.58. The molecule has 0 saturated heterocycles. The van der Waals surface area contributed by atoms with E-state index >= 15 is 4.39 Å². The molecule has 2 aliphatic carbocycles. The molecule has 29 heavy (non-hydrogen) atoms. The van der Waals surface area contributed by atoms with Crippen molar-refractivity contribution in [2.24, 2.45) is 4.99 Å². The van der Waals surface area contributed by atoms with Gasteiger partial charge in [-0.2, -0.15) is 0 Å². The van der Waals surface area contributed by atoms with Crippen LogP contribution in [0, 0.1) is 5.82 Å². The van der Waals surface area contributed by atoms with E-state index in [9.17, 15) is 4.79 Å². The van der Waals surface area contributed by atoms with E-state index in [1.807, 2.05) is 13.0 Å². The zero-order chi connectivity index (χ0) is 19.9. The maximum Gasteiger partial charge on any atom is 0.253 e. The Kier molecular flexibility index (Phi) is 3.30. The van der Waals surface area contributed by atoms with Crippen molar-refractivity contribution in [2.45, 2.75) is 63.7 Å². The summed E-state index contributed by atoms with van der Waals surface area (Å²) in [4.78, 5) is 22.8. The predicted molar refractivity (Wildman–Crippen MR) is 109 cm³/mol. The number of nitrogens with zero attached hydrogens (tertiary/aromatic N) is 2. The number of hydrogen-bond acceptors (Lipinski definition) is 2. The molecular weight excluding hydrogens is 369 g/mol. The summed E-state index contributed by atoms with van der Waals surface area (Å²) in [6, 6.07) is 5.57. The van der Waals surface area contributed by atoms with Crippen LogP contribution in [0.3, 0.4) is 0 Å². The van der Waals surface area contributed by atoms with Crippen LogP contribution in [0.4, 0.5) is 10.1 Å². The van der Waals surface area contributed by atoms with Crippen molar-refractivity contribution in [3.63, 3.8) is 0 Å². The number of carbonyl (C=O) groups is 1. The largest absolute Gasteiger partial charge is 0.356 e. The number of nitrogens with one attached hydrogen (secondary N) is 3. The number of guanidine groups is 1. The molecule has 6 rings (SSSR count). The highest BCUT2D eigenvalue weighted by molar-refractivity contribution is 6.03. The van der Waals surface area contributed by atoms with Gasteiger partial charge < -0.3 is 20.5 Å². The Balaban J connectivity index is 1.47. The Morgan fingerprint density at radius 3 is 2.76 bits per heavy atom. The summed E-state index contributed by atoms with van der Waals surface area (Å²) >= 11 is 0. The lowest BCUT2D eigenvalue weighted by atomic mass is 10.0. The Bertz CT molecular complexity index is 1080. The molecule has 1 amide bonds. The van der Waals surface area contributed by atoms with Gasteiger partial charge in [0, 0.05) is 12.6 Å². The molecule has 1 aromatic heterocycles. The van der Waals surface area contributed by atoms with Gasteiger partial charge in [0.1, 0.15) is 5.82 Å². The maximum atomic E-state index is 15.1. The summed E-state index contributed by atoms with van der Waals surface area (Å²) in [6.07, 6.45) is 4.54. The van der Waals surface area contributed by atoms with Crippen molar-refractivity contribution in [3.8, 4) is 11.3 Å². The Morgan fingerprint density at radius 2 is 2.07 bits per heavy atom. The number of hydrogen-bond donors (Lipinski definition) is 3.